The molecule has 30 heavy (non-hydrogen) atoms. The molecule has 2 aromatic heterocycles. The Labute approximate surface area is 174 Å². The lowest BCUT2D eigenvalue weighted by molar-refractivity contribution is -0.116. The quantitative estimate of drug-likeness (QED) is 0.425. The van der Waals surface area contributed by atoms with Crippen molar-refractivity contribution in [2.24, 2.45) is 7.05 Å². The Bertz CT molecular complexity index is 1340. The molecule has 0 aliphatic rings. The maximum absolute atomic E-state index is 12.4. The van der Waals surface area contributed by atoms with E-state index in [4.69, 9.17) is 4.98 Å². The molecule has 0 bridgehead atoms. The van der Waals surface area contributed by atoms with Crippen molar-refractivity contribution < 1.29 is 4.79 Å². The summed E-state index contributed by atoms with van der Waals surface area (Å²) >= 11 is 0. The molecule has 0 saturated heterocycles. The van der Waals surface area contributed by atoms with Gasteiger partial charge in [0, 0.05) is 41.8 Å². The minimum Gasteiger partial charge on any atom is -0.361 e. The Morgan fingerprint density at radius 3 is 2.60 bits per heavy atom. The molecule has 0 atom stereocenters. The third kappa shape index (κ3) is 3.35. The predicted molar refractivity (Wildman–Crippen MR) is 121 cm³/mol. The van der Waals surface area contributed by atoms with Crippen molar-refractivity contribution >= 4 is 33.5 Å². The first-order valence-electron chi connectivity index (χ1n) is 10.1. The molecule has 2 N–H and O–H groups in total. The molecule has 5 rings (SSSR count). The molecule has 3 aromatic carbocycles. The summed E-state index contributed by atoms with van der Waals surface area (Å²) < 4.78 is 2.09. The van der Waals surface area contributed by atoms with E-state index < -0.39 is 0 Å². The van der Waals surface area contributed by atoms with Gasteiger partial charge in [-0.3, -0.25) is 4.79 Å². The van der Waals surface area contributed by atoms with Crippen LogP contribution in [0.5, 0.6) is 0 Å². The fourth-order valence-electron chi connectivity index (χ4n) is 3.92. The number of hydrogen-bond donors (Lipinski definition) is 2. The molecule has 1 amide bonds. The van der Waals surface area contributed by atoms with E-state index in [-0.39, 0.29) is 5.91 Å². The number of hydrogen-bond acceptors (Lipinski definition) is 2. The number of amides is 1. The number of para-hydroxylation sites is 3. The SMILES string of the molecule is Cn1c(-c2ccc(NC(=O)CCc3c[nH]c4ccccc34)cc2)nc2ccccc21. The van der Waals surface area contributed by atoms with E-state index in [9.17, 15) is 4.79 Å². The third-order valence-corrected chi connectivity index (χ3v) is 5.51. The van der Waals surface area contributed by atoms with Crippen LogP contribution in [0.15, 0.2) is 79.0 Å². The van der Waals surface area contributed by atoms with Crippen LogP contribution in [0, 0.1) is 0 Å². The van der Waals surface area contributed by atoms with Crippen LogP contribution in [0.3, 0.4) is 0 Å². The molecule has 5 aromatic rings. The second-order valence-electron chi connectivity index (χ2n) is 7.47. The second kappa shape index (κ2) is 7.52. The third-order valence-electron chi connectivity index (χ3n) is 5.51. The van der Waals surface area contributed by atoms with Crippen LogP contribution in [0.4, 0.5) is 5.69 Å². The molecule has 0 fully saturated rings. The number of benzene rings is 3. The summed E-state index contributed by atoms with van der Waals surface area (Å²) in [5, 5.41) is 4.17. The van der Waals surface area contributed by atoms with Gasteiger partial charge in [-0.25, -0.2) is 4.98 Å². The highest BCUT2D eigenvalue weighted by Gasteiger charge is 2.10. The number of nitrogens with one attached hydrogen (secondary N) is 2. The van der Waals surface area contributed by atoms with Gasteiger partial charge >= 0.3 is 0 Å². The van der Waals surface area contributed by atoms with Gasteiger partial charge in [0.25, 0.3) is 0 Å². The van der Waals surface area contributed by atoms with Crippen molar-refractivity contribution in [1.29, 1.82) is 0 Å². The Kier molecular flexibility index (Phi) is 4.56. The molecular weight excluding hydrogens is 372 g/mol. The number of nitrogens with zero attached hydrogens (tertiary/aromatic N) is 2. The van der Waals surface area contributed by atoms with Gasteiger partial charge in [0.05, 0.1) is 11.0 Å². The number of rotatable bonds is 5. The molecule has 0 radical (unpaired) electrons. The largest absolute Gasteiger partial charge is 0.361 e. The molecule has 0 spiro atoms. The highest BCUT2D eigenvalue weighted by molar-refractivity contribution is 5.92. The summed E-state index contributed by atoms with van der Waals surface area (Å²) in [4.78, 5) is 20.4. The summed E-state index contributed by atoms with van der Waals surface area (Å²) in [6.45, 7) is 0. The Balaban J connectivity index is 1.26. The van der Waals surface area contributed by atoms with Crippen LogP contribution >= 0.6 is 0 Å². The summed E-state index contributed by atoms with van der Waals surface area (Å²) in [6, 6.07) is 24.1. The summed E-state index contributed by atoms with van der Waals surface area (Å²) in [5.74, 6) is 0.921. The lowest BCUT2D eigenvalue weighted by Gasteiger charge is -2.07. The molecule has 148 valence electrons. The molecule has 0 aliphatic carbocycles. The van der Waals surface area contributed by atoms with E-state index in [1.165, 1.54) is 5.39 Å². The number of carbonyl (C=O) groups is 1. The second-order valence-corrected chi connectivity index (χ2v) is 7.47. The zero-order valence-corrected chi connectivity index (χ0v) is 16.7. The topological polar surface area (TPSA) is 62.7 Å². The first kappa shape index (κ1) is 18.2. The minimum absolute atomic E-state index is 0.00996. The van der Waals surface area contributed by atoms with Gasteiger partial charge in [0.1, 0.15) is 5.82 Å². The van der Waals surface area contributed by atoms with Crippen LogP contribution in [-0.2, 0) is 18.3 Å². The van der Waals surface area contributed by atoms with E-state index in [0.717, 1.165) is 39.2 Å². The van der Waals surface area contributed by atoms with E-state index in [1.54, 1.807) is 0 Å². The van der Waals surface area contributed by atoms with Gasteiger partial charge in [0.2, 0.25) is 5.91 Å². The summed E-state index contributed by atoms with van der Waals surface area (Å²) in [7, 11) is 2.02. The van der Waals surface area contributed by atoms with Crippen molar-refractivity contribution in [3.8, 4) is 11.4 Å². The highest BCUT2D eigenvalue weighted by Crippen LogP contribution is 2.25. The standard InChI is InChI=1S/C25H22N4O/c1-29-23-9-5-4-8-22(23)28-25(29)17-10-13-19(14-11-17)27-24(30)15-12-18-16-26-21-7-3-2-6-20(18)21/h2-11,13-14,16,26H,12,15H2,1H3,(H,27,30). The minimum atomic E-state index is 0.00996. The van der Waals surface area contributed by atoms with Crippen LogP contribution in [-0.4, -0.2) is 20.4 Å². The number of fused-ring (bicyclic) bond motifs is 2. The number of aromatic nitrogens is 3. The van der Waals surface area contributed by atoms with E-state index >= 15 is 0 Å². The van der Waals surface area contributed by atoms with Crippen molar-refractivity contribution in [2.45, 2.75) is 12.8 Å². The van der Waals surface area contributed by atoms with Crippen molar-refractivity contribution in [1.82, 2.24) is 14.5 Å². The highest BCUT2D eigenvalue weighted by atomic mass is 16.1. The van der Waals surface area contributed by atoms with E-state index in [1.807, 2.05) is 73.9 Å². The zero-order valence-electron chi connectivity index (χ0n) is 16.7. The Hall–Kier alpha value is -3.86. The molecule has 5 heteroatoms. The maximum Gasteiger partial charge on any atom is 0.224 e. The van der Waals surface area contributed by atoms with Gasteiger partial charge in [-0.05, 0) is 54.4 Å². The normalized spacial score (nSPS) is 11.2. The van der Waals surface area contributed by atoms with Crippen molar-refractivity contribution in [3.63, 3.8) is 0 Å². The smallest absolute Gasteiger partial charge is 0.224 e. The molecule has 2 heterocycles. The van der Waals surface area contributed by atoms with Gasteiger partial charge in [-0.2, -0.15) is 0 Å². The Morgan fingerprint density at radius 1 is 1.00 bits per heavy atom. The lowest BCUT2D eigenvalue weighted by Crippen LogP contribution is -2.12. The van der Waals surface area contributed by atoms with Crippen molar-refractivity contribution in [2.75, 3.05) is 5.32 Å². The monoisotopic (exact) mass is 394 g/mol. The number of H-pyrrole nitrogens is 1. The van der Waals surface area contributed by atoms with Crippen molar-refractivity contribution in [3.05, 3.63) is 84.6 Å². The number of imidazole rings is 1. The molecule has 5 nitrogen and oxygen atoms in total. The van der Waals surface area contributed by atoms with Gasteiger partial charge in [0.15, 0.2) is 0 Å². The number of aryl methyl sites for hydroxylation is 2. The number of anilines is 1. The fraction of sp³-hybridized carbons (Fsp3) is 0.120. The van der Waals surface area contributed by atoms with Crippen LogP contribution in [0.2, 0.25) is 0 Å². The predicted octanol–water partition coefficient (Wildman–Crippen LogP) is 5.29. The van der Waals surface area contributed by atoms with E-state index in [2.05, 4.69) is 27.0 Å². The zero-order chi connectivity index (χ0) is 20.5. The first-order valence-corrected chi connectivity index (χ1v) is 10.1. The fourth-order valence-corrected chi connectivity index (χ4v) is 3.92. The van der Waals surface area contributed by atoms with Gasteiger partial charge in [-0.1, -0.05) is 30.3 Å². The van der Waals surface area contributed by atoms with E-state index in [0.29, 0.717) is 12.8 Å². The maximum atomic E-state index is 12.4. The molecule has 0 aliphatic heterocycles. The Morgan fingerprint density at radius 2 is 1.77 bits per heavy atom. The molecular formula is C25H22N4O. The molecule has 0 saturated carbocycles. The van der Waals surface area contributed by atoms with Crippen LogP contribution in [0.1, 0.15) is 12.0 Å². The number of aromatic amines is 1. The first-order chi connectivity index (χ1) is 14.7. The van der Waals surface area contributed by atoms with Gasteiger partial charge < -0.3 is 14.9 Å². The summed E-state index contributed by atoms with van der Waals surface area (Å²) in [5.41, 5.74) is 6.15. The number of carbonyl (C=O) groups excluding carboxylic acids is 1. The van der Waals surface area contributed by atoms with Crippen LogP contribution < -0.4 is 5.32 Å². The summed E-state index contributed by atoms with van der Waals surface area (Å²) in [6.07, 6.45) is 3.13. The lowest BCUT2D eigenvalue weighted by atomic mass is 10.1. The van der Waals surface area contributed by atoms with Gasteiger partial charge in [-0.15, -0.1) is 0 Å². The molecule has 0 unspecified atom stereocenters. The van der Waals surface area contributed by atoms with Crippen LogP contribution in [0.25, 0.3) is 33.3 Å². The average Bonchev–Trinajstić information content (AvgIpc) is 3.34. The average molecular weight is 394 g/mol.